The molecule has 0 radical (unpaired) electrons. The van der Waals surface area contributed by atoms with E-state index in [1.54, 1.807) is 12.5 Å². The van der Waals surface area contributed by atoms with Crippen LogP contribution < -0.4 is 5.32 Å². The summed E-state index contributed by atoms with van der Waals surface area (Å²) in [5.74, 6) is 1.14. The Morgan fingerprint density at radius 2 is 2.31 bits per heavy atom. The summed E-state index contributed by atoms with van der Waals surface area (Å²) in [7, 11) is 0. The topological polar surface area (TPSA) is 25.2 Å². The van der Waals surface area contributed by atoms with Crippen molar-refractivity contribution in [2.24, 2.45) is 0 Å². The average Bonchev–Trinajstić information content (AvgIpc) is 2.55. The summed E-state index contributed by atoms with van der Waals surface area (Å²) < 4.78 is 5.03. The van der Waals surface area contributed by atoms with E-state index in [1.165, 1.54) is 5.56 Å². The highest BCUT2D eigenvalue weighted by Gasteiger charge is 2.09. The minimum absolute atomic E-state index is 0.376. The summed E-state index contributed by atoms with van der Waals surface area (Å²) >= 11 is 1.86. The summed E-state index contributed by atoms with van der Waals surface area (Å²) in [6, 6.07) is 2.92. The number of nitrogens with one attached hydrogen (secondary N) is 1. The van der Waals surface area contributed by atoms with Gasteiger partial charge in [0.05, 0.1) is 12.5 Å². The van der Waals surface area contributed by atoms with E-state index in [0.717, 1.165) is 5.75 Å². The van der Waals surface area contributed by atoms with Crippen LogP contribution in [0.25, 0.3) is 0 Å². The Hall–Kier alpha value is -0.410. The first-order valence-electron chi connectivity index (χ1n) is 4.51. The second kappa shape index (κ2) is 5.35. The van der Waals surface area contributed by atoms with Gasteiger partial charge in [-0.25, -0.2) is 0 Å². The zero-order valence-electron chi connectivity index (χ0n) is 8.41. The van der Waals surface area contributed by atoms with Crippen LogP contribution in [0.5, 0.6) is 0 Å². The van der Waals surface area contributed by atoms with Gasteiger partial charge in [-0.2, -0.15) is 11.8 Å². The number of thioether (sulfide) groups is 1. The summed E-state index contributed by atoms with van der Waals surface area (Å²) in [5.41, 5.74) is 1.22. The maximum atomic E-state index is 5.03. The average molecular weight is 199 g/mol. The quantitative estimate of drug-likeness (QED) is 0.789. The van der Waals surface area contributed by atoms with Gasteiger partial charge in [0.2, 0.25) is 0 Å². The molecule has 0 aliphatic rings. The number of furan rings is 1. The first kappa shape index (κ1) is 10.7. The van der Waals surface area contributed by atoms with Crippen LogP contribution in [0.3, 0.4) is 0 Å². The normalized spacial score (nSPS) is 15.6. The van der Waals surface area contributed by atoms with Gasteiger partial charge in [-0.05, 0) is 26.2 Å². The molecule has 0 aromatic carbocycles. The lowest BCUT2D eigenvalue weighted by atomic mass is 10.1. The largest absolute Gasteiger partial charge is 0.472 e. The molecule has 0 saturated heterocycles. The first-order chi connectivity index (χ1) is 6.24. The minimum Gasteiger partial charge on any atom is -0.472 e. The predicted molar refractivity (Wildman–Crippen MR) is 58.1 cm³/mol. The Labute approximate surface area is 84.1 Å². The maximum Gasteiger partial charge on any atom is 0.0950 e. The Kier molecular flexibility index (Phi) is 4.39. The molecule has 0 bridgehead atoms. The van der Waals surface area contributed by atoms with E-state index in [4.69, 9.17) is 4.42 Å². The van der Waals surface area contributed by atoms with E-state index in [-0.39, 0.29) is 0 Å². The lowest BCUT2D eigenvalue weighted by Gasteiger charge is -2.17. The fourth-order valence-corrected chi connectivity index (χ4v) is 1.94. The molecule has 74 valence electrons. The summed E-state index contributed by atoms with van der Waals surface area (Å²) in [6.07, 6.45) is 5.64. The zero-order valence-corrected chi connectivity index (χ0v) is 9.23. The van der Waals surface area contributed by atoms with Gasteiger partial charge in [-0.1, -0.05) is 0 Å². The van der Waals surface area contributed by atoms with E-state index in [1.807, 2.05) is 17.8 Å². The third-order valence-electron chi connectivity index (χ3n) is 1.99. The number of hydrogen-bond acceptors (Lipinski definition) is 3. The van der Waals surface area contributed by atoms with E-state index in [2.05, 4.69) is 25.4 Å². The molecule has 0 saturated carbocycles. The van der Waals surface area contributed by atoms with E-state index in [9.17, 15) is 0 Å². The maximum absolute atomic E-state index is 5.03. The molecule has 1 aromatic rings. The molecule has 1 aromatic heterocycles. The minimum atomic E-state index is 0.376. The Bertz CT molecular complexity index is 223. The number of hydrogen-bond donors (Lipinski definition) is 1. The fraction of sp³-hybridized carbons (Fsp3) is 0.600. The highest BCUT2D eigenvalue weighted by molar-refractivity contribution is 7.98. The molecule has 0 amide bonds. The molecular formula is C10H17NOS. The van der Waals surface area contributed by atoms with Crippen LogP contribution in [0.4, 0.5) is 0 Å². The van der Waals surface area contributed by atoms with Gasteiger partial charge in [0, 0.05) is 23.4 Å². The van der Waals surface area contributed by atoms with Crippen molar-refractivity contribution in [3.8, 4) is 0 Å². The molecule has 1 rings (SSSR count). The summed E-state index contributed by atoms with van der Waals surface area (Å²) in [5, 5.41) is 3.50. The Balaban J connectivity index is 2.37. The Morgan fingerprint density at radius 3 is 2.85 bits per heavy atom. The fourth-order valence-electron chi connectivity index (χ4n) is 1.34. The second-order valence-corrected chi connectivity index (χ2v) is 4.21. The van der Waals surface area contributed by atoms with Crippen molar-refractivity contribution < 1.29 is 4.42 Å². The molecule has 3 heteroatoms. The first-order valence-corrected chi connectivity index (χ1v) is 5.90. The second-order valence-electron chi connectivity index (χ2n) is 3.30. The zero-order chi connectivity index (χ0) is 9.68. The molecule has 2 nitrogen and oxygen atoms in total. The molecule has 1 N–H and O–H groups in total. The molecule has 1 heterocycles. The smallest absolute Gasteiger partial charge is 0.0950 e. The third kappa shape index (κ3) is 3.44. The third-order valence-corrected chi connectivity index (χ3v) is 2.83. The monoisotopic (exact) mass is 199 g/mol. The van der Waals surface area contributed by atoms with Crippen molar-refractivity contribution >= 4 is 11.8 Å². The molecular weight excluding hydrogens is 182 g/mol. The summed E-state index contributed by atoms with van der Waals surface area (Å²) in [6.45, 7) is 4.36. The van der Waals surface area contributed by atoms with Crippen molar-refractivity contribution in [3.63, 3.8) is 0 Å². The van der Waals surface area contributed by atoms with Gasteiger partial charge in [0.15, 0.2) is 0 Å². The van der Waals surface area contributed by atoms with Crippen LogP contribution in [0.15, 0.2) is 23.0 Å². The predicted octanol–water partition coefficient (Wildman–Crippen LogP) is 2.68. The van der Waals surface area contributed by atoms with Crippen molar-refractivity contribution in [1.29, 1.82) is 0 Å². The van der Waals surface area contributed by atoms with Crippen LogP contribution >= 0.6 is 11.8 Å². The van der Waals surface area contributed by atoms with E-state index < -0.39 is 0 Å². The molecule has 0 spiro atoms. The molecule has 0 aliphatic heterocycles. The SMILES string of the molecule is CSCC(C)NC(C)c1ccoc1. The van der Waals surface area contributed by atoms with Crippen LogP contribution in [0.1, 0.15) is 25.5 Å². The van der Waals surface area contributed by atoms with Gasteiger partial charge in [0.1, 0.15) is 0 Å². The van der Waals surface area contributed by atoms with Crippen molar-refractivity contribution in [2.75, 3.05) is 12.0 Å². The van der Waals surface area contributed by atoms with E-state index >= 15 is 0 Å². The van der Waals surface area contributed by atoms with Gasteiger partial charge in [-0.3, -0.25) is 0 Å². The summed E-state index contributed by atoms with van der Waals surface area (Å²) in [4.78, 5) is 0. The lowest BCUT2D eigenvalue weighted by molar-refractivity contribution is 0.500. The molecule has 0 fully saturated rings. The Morgan fingerprint density at radius 1 is 1.54 bits per heavy atom. The molecule has 2 unspecified atom stereocenters. The van der Waals surface area contributed by atoms with Gasteiger partial charge >= 0.3 is 0 Å². The van der Waals surface area contributed by atoms with Crippen LogP contribution in [0.2, 0.25) is 0 Å². The van der Waals surface area contributed by atoms with Crippen LogP contribution in [-0.4, -0.2) is 18.1 Å². The van der Waals surface area contributed by atoms with Gasteiger partial charge < -0.3 is 9.73 Å². The number of rotatable bonds is 5. The van der Waals surface area contributed by atoms with Gasteiger partial charge in [0.25, 0.3) is 0 Å². The van der Waals surface area contributed by atoms with Crippen molar-refractivity contribution in [1.82, 2.24) is 5.32 Å². The van der Waals surface area contributed by atoms with Crippen molar-refractivity contribution in [3.05, 3.63) is 24.2 Å². The van der Waals surface area contributed by atoms with Crippen LogP contribution in [-0.2, 0) is 0 Å². The highest BCUT2D eigenvalue weighted by atomic mass is 32.2. The molecule has 13 heavy (non-hydrogen) atoms. The lowest BCUT2D eigenvalue weighted by Crippen LogP contribution is -2.30. The molecule has 2 atom stereocenters. The standard InChI is InChI=1S/C10H17NOS/c1-8(7-13-3)11-9(2)10-4-5-12-6-10/h4-6,8-9,11H,7H2,1-3H3. The van der Waals surface area contributed by atoms with Crippen LogP contribution in [0, 0.1) is 0 Å². The van der Waals surface area contributed by atoms with Crippen molar-refractivity contribution in [2.45, 2.75) is 25.9 Å². The van der Waals surface area contributed by atoms with Gasteiger partial charge in [-0.15, -0.1) is 0 Å². The highest BCUT2D eigenvalue weighted by Crippen LogP contribution is 2.13. The van der Waals surface area contributed by atoms with E-state index in [0.29, 0.717) is 12.1 Å². The molecule has 0 aliphatic carbocycles.